The highest BCUT2D eigenvalue weighted by molar-refractivity contribution is 7.89. The van der Waals surface area contributed by atoms with E-state index in [1.165, 1.54) is 18.2 Å². The number of ether oxygens (including phenoxy) is 1. The monoisotopic (exact) mass is 284 g/mol. The molecular formula is C12H16N2O4S. The molecule has 19 heavy (non-hydrogen) atoms. The van der Waals surface area contributed by atoms with Crippen molar-refractivity contribution in [3.8, 4) is 0 Å². The average molecular weight is 284 g/mol. The lowest BCUT2D eigenvalue weighted by molar-refractivity contribution is 0.0711. The second-order valence-electron chi connectivity index (χ2n) is 4.51. The molecule has 1 aromatic carbocycles. The number of benzene rings is 1. The van der Waals surface area contributed by atoms with E-state index in [0.29, 0.717) is 18.8 Å². The fourth-order valence-electron chi connectivity index (χ4n) is 2.00. The summed E-state index contributed by atoms with van der Waals surface area (Å²) in [6.07, 6.45) is 0.789. The van der Waals surface area contributed by atoms with Crippen molar-refractivity contribution in [2.24, 2.45) is 5.14 Å². The first-order valence-corrected chi connectivity index (χ1v) is 7.42. The summed E-state index contributed by atoms with van der Waals surface area (Å²) in [5.41, 5.74) is 0.306. The maximum absolute atomic E-state index is 12.2. The Bertz CT molecular complexity index is 579. The lowest BCUT2D eigenvalue weighted by Gasteiger charge is -2.23. The summed E-state index contributed by atoms with van der Waals surface area (Å²) >= 11 is 0. The van der Waals surface area contributed by atoms with Crippen molar-refractivity contribution in [2.45, 2.75) is 17.4 Å². The molecule has 6 nitrogen and oxygen atoms in total. The number of carbonyl (C=O) groups excluding carboxylic acids is 1. The Labute approximate surface area is 112 Å². The molecule has 1 aliphatic rings. The van der Waals surface area contributed by atoms with Gasteiger partial charge in [-0.05, 0) is 24.6 Å². The molecule has 0 aliphatic carbocycles. The fourth-order valence-corrected chi connectivity index (χ4v) is 2.56. The van der Waals surface area contributed by atoms with Crippen molar-refractivity contribution in [1.29, 1.82) is 0 Å². The normalized spacial score (nSPS) is 19.4. The average Bonchev–Trinajstić information content (AvgIpc) is 2.90. The predicted molar refractivity (Wildman–Crippen MR) is 69.1 cm³/mol. The summed E-state index contributed by atoms with van der Waals surface area (Å²) in [6.45, 7) is 1.15. The lowest BCUT2D eigenvalue weighted by Crippen LogP contribution is -2.37. The zero-order valence-corrected chi connectivity index (χ0v) is 11.4. The summed E-state index contributed by atoms with van der Waals surface area (Å²) in [4.78, 5) is 13.8. The van der Waals surface area contributed by atoms with E-state index in [1.54, 1.807) is 18.0 Å². The molecule has 1 fully saturated rings. The quantitative estimate of drug-likeness (QED) is 0.858. The molecule has 1 saturated heterocycles. The Hall–Kier alpha value is -1.44. The minimum atomic E-state index is -3.80. The van der Waals surface area contributed by atoms with Gasteiger partial charge in [0.2, 0.25) is 10.0 Å². The molecule has 1 unspecified atom stereocenters. The zero-order chi connectivity index (χ0) is 14.0. The van der Waals surface area contributed by atoms with Gasteiger partial charge in [-0.25, -0.2) is 13.6 Å². The molecule has 0 aromatic heterocycles. The highest BCUT2D eigenvalue weighted by Gasteiger charge is 2.25. The van der Waals surface area contributed by atoms with Crippen LogP contribution in [0.25, 0.3) is 0 Å². The third-order valence-electron chi connectivity index (χ3n) is 3.18. The van der Waals surface area contributed by atoms with Crippen LogP contribution in [0.1, 0.15) is 16.8 Å². The van der Waals surface area contributed by atoms with E-state index in [4.69, 9.17) is 9.88 Å². The van der Waals surface area contributed by atoms with Crippen LogP contribution >= 0.6 is 0 Å². The number of sulfonamides is 1. The predicted octanol–water partition coefficient (Wildman–Crippen LogP) is 0.195. The van der Waals surface area contributed by atoms with Gasteiger partial charge in [0.1, 0.15) is 0 Å². The van der Waals surface area contributed by atoms with Gasteiger partial charge in [-0.1, -0.05) is 6.07 Å². The molecule has 104 valence electrons. The Balaban J connectivity index is 2.24. The van der Waals surface area contributed by atoms with E-state index in [2.05, 4.69) is 0 Å². The lowest BCUT2D eigenvalue weighted by atomic mass is 10.1. The highest BCUT2D eigenvalue weighted by atomic mass is 32.2. The van der Waals surface area contributed by atoms with Crippen molar-refractivity contribution in [3.63, 3.8) is 0 Å². The van der Waals surface area contributed by atoms with Crippen LogP contribution in [-0.4, -0.2) is 45.5 Å². The Kier molecular flexibility index (Phi) is 3.88. The third kappa shape index (κ3) is 3.12. The number of likely N-dealkylation sites (N-methyl/N-ethyl adjacent to an activating group) is 1. The van der Waals surface area contributed by atoms with Crippen molar-refractivity contribution in [3.05, 3.63) is 29.8 Å². The van der Waals surface area contributed by atoms with Gasteiger partial charge in [0.05, 0.1) is 17.5 Å². The number of nitrogens with zero attached hydrogens (tertiary/aromatic N) is 1. The number of rotatable bonds is 3. The Morgan fingerprint density at radius 1 is 1.47 bits per heavy atom. The minimum absolute atomic E-state index is 0.0330. The van der Waals surface area contributed by atoms with Gasteiger partial charge in [0.25, 0.3) is 5.91 Å². The Morgan fingerprint density at radius 2 is 2.21 bits per heavy atom. The van der Waals surface area contributed by atoms with E-state index in [-0.39, 0.29) is 16.8 Å². The first-order valence-electron chi connectivity index (χ1n) is 5.87. The molecule has 0 radical (unpaired) electrons. The third-order valence-corrected chi connectivity index (χ3v) is 4.09. The van der Waals surface area contributed by atoms with Gasteiger partial charge in [-0.2, -0.15) is 0 Å². The van der Waals surface area contributed by atoms with Crippen LogP contribution in [0.15, 0.2) is 29.2 Å². The molecule has 0 saturated carbocycles. The largest absolute Gasteiger partial charge is 0.379 e. The smallest absolute Gasteiger partial charge is 0.253 e. The molecule has 1 aromatic rings. The van der Waals surface area contributed by atoms with E-state index in [1.807, 2.05) is 0 Å². The topological polar surface area (TPSA) is 89.7 Å². The van der Waals surface area contributed by atoms with Gasteiger partial charge >= 0.3 is 0 Å². The van der Waals surface area contributed by atoms with Gasteiger partial charge < -0.3 is 9.64 Å². The van der Waals surface area contributed by atoms with Crippen LogP contribution in [0.2, 0.25) is 0 Å². The van der Waals surface area contributed by atoms with Crippen molar-refractivity contribution >= 4 is 15.9 Å². The zero-order valence-electron chi connectivity index (χ0n) is 10.6. The number of hydrogen-bond donors (Lipinski definition) is 1. The second kappa shape index (κ2) is 5.28. The molecule has 2 rings (SSSR count). The van der Waals surface area contributed by atoms with Crippen LogP contribution in [0, 0.1) is 0 Å². The molecule has 1 atom stereocenters. The van der Waals surface area contributed by atoms with Crippen LogP contribution in [-0.2, 0) is 14.8 Å². The molecule has 1 amide bonds. The van der Waals surface area contributed by atoms with Crippen LogP contribution in [0.5, 0.6) is 0 Å². The summed E-state index contributed by atoms with van der Waals surface area (Å²) in [6, 6.07) is 5.77. The summed E-state index contributed by atoms with van der Waals surface area (Å²) in [5.74, 6) is -0.235. The van der Waals surface area contributed by atoms with Crippen molar-refractivity contribution < 1.29 is 17.9 Å². The number of primary sulfonamides is 1. The minimum Gasteiger partial charge on any atom is -0.379 e. The van der Waals surface area contributed by atoms with Crippen LogP contribution in [0.4, 0.5) is 0 Å². The molecule has 0 bridgehead atoms. The molecule has 7 heteroatoms. The first kappa shape index (κ1) is 14.0. The molecule has 2 N–H and O–H groups in total. The first-order chi connectivity index (χ1) is 8.89. The standard InChI is InChI=1S/C12H16N2O4S/c1-14(10-5-6-18-8-10)12(15)9-3-2-4-11(7-9)19(13,16)17/h2-4,7,10H,5-6,8H2,1H3,(H2,13,16,17). The summed E-state index contributed by atoms with van der Waals surface area (Å²) in [5, 5.41) is 5.05. The van der Waals surface area contributed by atoms with Crippen molar-refractivity contribution in [2.75, 3.05) is 20.3 Å². The SMILES string of the molecule is CN(C(=O)c1cccc(S(N)(=O)=O)c1)C1CCOC1. The number of amides is 1. The van der Waals surface area contributed by atoms with E-state index < -0.39 is 10.0 Å². The fraction of sp³-hybridized carbons (Fsp3) is 0.417. The van der Waals surface area contributed by atoms with E-state index in [9.17, 15) is 13.2 Å². The summed E-state index contributed by atoms with van der Waals surface area (Å²) in [7, 11) is -2.11. The molecular weight excluding hydrogens is 268 g/mol. The maximum Gasteiger partial charge on any atom is 0.253 e. The number of nitrogens with two attached hydrogens (primary N) is 1. The van der Waals surface area contributed by atoms with E-state index in [0.717, 1.165) is 6.42 Å². The second-order valence-corrected chi connectivity index (χ2v) is 6.07. The molecule has 0 spiro atoms. The summed E-state index contributed by atoms with van der Waals surface area (Å²) < 4.78 is 27.8. The number of hydrogen-bond acceptors (Lipinski definition) is 4. The molecule has 1 aliphatic heterocycles. The Morgan fingerprint density at radius 3 is 2.79 bits per heavy atom. The highest BCUT2D eigenvalue weighted by Crippen LogP contribution is 2.16. The van der Waals surface area contributed by atoms with E-state index >= 15 is 0 Å². The van der Waals surface area contributed by atoms with Crippen molar-refractivity contribution in [1.82, 2.24) is 4.90 Å². The molecule has 1 heterocycles. The van der Waals surface area contributed by atoms with Gasteiger partial charge in [0.15, 0.2) is 0 Å². The maximum atomic E-state index is 12.2. The number of carbonyl (C=O) groups is 1. The van der Waals surface area contributed by atoms with Gasteiger partial charge in [0, 0.05) is 19.2 Å². The van der Waals surface area contributed by atoms with Gasteiger partial charge in [-0.3, -0.25) is 4.79 Å². The van der Waals surface area contributed by atoms with Crippen LogP contribution in [0.3, 0.4) is 0 Å². The van der Waals surface area contributed by atoms with Crippen LogP contribution < -0.4 is 5.14 Å². The van der Waals surface area contributed by atoms with Gasteiger partial charge in [-0.15, -0.1) is 0 Å².